The Morgan fingerprint density at radius 1 is 1.07 bits per heavy atom. The summed E-state index contributed by atoms with van der Waals surface area (Å²) in [7, 11) is -2.30. The van der Waals surface area contributed by atoms with Crippen LogP contribution in [0.1, 0.15) is 5.56 Å². The molecule has 0 aliphatic carbocycles. The molecule has 0 bridgehead atoms. The van der Waals surface area contributed by atoms with Gasteiger partial charge in [0.15, 0.2) is 0 Å². The van der Waals surface area contributed by atoms with E-state index < -0.39 is 15.8 Å². The first-order valence-electron chi connectivity index (χ1n) is 8.22. The SMILES string of the molecule is COc1ccc(CSc2ccc(NS(=O)(=O)c3ccccc3Cl)cc2F)cc1. The number of nitrogens with one attached hydrogen (secondary N) is 1. The second-order valence-electron chi connectivity index (χ2n) is 5.82. The number of methoxy groups -OCH3 is 1. The summed E-state index contributed by atoms with van der Waals surface area (Å²) in [4.78, 5) is 0.367. The molecule has 0 heterocycles. The molecule has 0 spiro atoms. The van der Waals surface area contributed by atoms with Crippen LogP contribution >= 0.6 is 23.4 Å². The van der Waals surface area contributed by atoms with Gasteiger partial charge < -0.3 is 4.74 Å². The van der Waals surface area contributed by atoms with E-state index in [0.717, 1.165) is 17.4 Å². The van der Waals surface area contributed by atoms with Crippen LogP contribution in [0.15, 0.2) is 76.5 Å². The Kier molecular flexibility index (Phi) is 6.49. The van der Waals surface area contributed by atoms with Gasteiger partial charge in [0.25, 0.3) is 10.0 Å². The van der Waals surface area contributed by atoms with E-state index in [-0.39, 0.29) is 15.6 Å². The summed E-state index contributed by atoms with van der Waals surface area (Å²) in [5.74, 6) is 0.832. The number of hydrogen-bond donors (Lipinski definition) is 1. The summed E-state index contributed by atoms with van der Waals surface area (Å²) in [6, 6.07) is 17.8. The molecule has 0 aliphatic rings. The van der Waals surface area contributed by atoms with Crippen molar-refractivity contribution in [2.24, 2.45) is 0 Å². The van der Waals surface area contributed by atoms with E-state index in [9.17, 15) is 12.8 Å². The highest BCUT2D eigenvalue weighted by atomic mass is 35.5. The van der Waals surface area contributed by atoms with Crippen molar-refractivity contribution in [2.75, 3.05) is 11.8 Å². The molecule has 28 heavy (non-hydrogen) atoms. The smallest absolute Gasteiger partial charge is 0.263 e. The molecule has 8 heteroatoms. The van der Waals surface area contributed by atoms with E-state index in [1.54, 1.807) is 25.3 Å². The first-order chi connectivity index (χ1) is 13.4. The molecule has 0 aliphatic heterocycles. The fourth-order valence-electron chi connectivity index (χ4n) is 2.44. The Labute approximate surface area is 172 Å². The Morgan fingerprint density at radius 2 is 1.79 bits per heavy atom. The molecule has 4 nitrogen and oxygen atoms in total. The summed E-state index contributed by atoms with van der Waals surface area (Å²) in [6.07, 6.45) is 0. The number of ether oxygens (including phenoxy) is 1. The summed E-state index contributed by atoms with van der Waals surface area (Å²) in [5, 5.41) is 0.0992. The van der Waals surface area contributed by atoms with Crippen LogP contribution in [0.25, 0.3) is 0 Å². The van der Waals surface area contributed by atoms with Crippen molar-refractivity contribution >= 4 is 39.1 Å². The van der Waals surface area contributed by atoms with Crippen molar-refractivity contribution in [2.45, 2.75) is 15.5 Å². The largest absolute Gasteiger partial charge is 0.497 e. The van der Waals surface area contributed by atoms with Crippen LogP contribution < -0.4 is 9.46 Å². The summed E-state index contributed by atoms with van der Waals surface area (Å²) < 4.78 is 46.8. The molecule has 0 amide bonds. The highest BCUT2D eigenvalue weighted by Crippen LogP contribution is 2.29. The van der Waals surface area contributed by atoms with Crippen LogP contribution in [0.4, 0.5) is 10.1 Å². The Bertz CT molecular complexity index is 1070. The molecule has 3 aromatic carbocycles. The van der Waals surface area contributed by atoms with Gasteiger partial charge >= 0.3 is 0 Å². The van der Waals surface area contributed by atoms with Gasteiger partial charge in [-0.15, -0.1) is 11.8 Å². The molecule has 146 valence electrons. The maximum absolute atomic E-state index is 14.4. The van der Waals surface area contributed by atoms with Gasteiger partial charge in [-0.2, -0.15) is 0 Å². The predicted molar refractivity (Wildman–Crippen MR) is 111 cm³/mol. The molecule has 0 unspecified atom stereocenters. The van der Waals surface area contributed by atoms with Gasteiger partial charge in [0.1, 0.15) is 16.5 Å². The fourth-order valence-corrected chi connectivity index (χ4v) is 4.88. The zero-order valence-corrected chi connectivity index (χ0v) is 17.2. The summed E-state index contributed by atoms with van der Waals surface area (Å²) in [5.41, 5.74) is 1.15. The van der Waals surface area contributed by atoms with Crippen molar-refractivity contribution in [3.63, 3.8) is 0 Å². The quantitative estimate of drug-likeness (QED) is 0.490. The van der Waals surface area contributed by atoms with Crippen molar-refractivity contribution in [1.82, 2.24) is 0 Å². The number of thioether (sulfide) groups is 1. The van der Waals surface area contributed by atoms with Crippen LogP contribution in [0.5, 0.6) is 5.75 Å². The Hall–Kier alpha value is -2.22. The van der Waals surface area contributed by atoms with Crippen molar-refractivity contribution in [3.05, 3.63) is 83.1 Å². The van der Waals surface area contributed by atoms with Crippen molar-refractivity contribution in [3.8, 4) is 5.75 Å². The highest BCUT2D eigenvalue weighted by Gasteiger charge is 2.18. The number of anilines is 1. The van der Waals surface area contributed by atoms with E-state index in [4.69, 9.17) is 16.3 Å². The number of halogens is 2. The van der Waals surface area contributed by atoms with Crippen LogP contribution in [-0.4, -0.2) is 15.5 Å². The third-order valence-corrected chi connectivity index (χ3v) is 6.86. The molecule has 3 rings (SSSR count). The molecule has 0 radical (unpaired) electrons. The first-order valence-corrected chi connectivity index (χ1v) is 11.1. The van der Waals surface area contributed by atoms with E-state index >= 15 is 0 Å². The van der Waals surface area contributed by atoms with Crippen LogP contribution in [0, 0.1) is 5.82 Å². The molecule has 0 saturated heterocycles. The number of benzene rings is 3. The molecule has 0 fully saturated rings. The van der Waals surface area contributed by atoms with Crippen molar-refractivity contribution < 1.29 is 17.5 Å². The first kappa shape index (κ1) is 20.5. The van der Waals surface area contributed by atoms with Crippen LogP contribution in [-0.2, 0) is 15.8 Å². The van der Waals surface area contributed by atoms with Gasteiger partial charge in [0.2, 0.25) is 0 Å². The summed E-state index contributed by atoms with van der Waals surface area (Å²) in [6.45, 7) is 0. The minimum absolute atomic E-state index is 0.0602. The molecular formula is C20H17ClFNO3S2. The zero-order chi connectivity index (χ0) is 20.1. The predicted octanol–water partition coefficient (Wildman–Crippen LogP) is 5.58. The monoisotopic (exact) mass is 437 g/mol. The molecule has 1 N–H and O–H groups in total. The third kappa shape index (κ3) is 4.98. The maximum atomic E-state index is 14.4. The average molecular weight is 438 g/mol. The van der Waals surface area contributed by atoms with Crippen molar-refractivity contribution in [1.29, 1.82) is 0 Å². The average Bonchev–Trinajstić information content (AvgIpc) is 2.67. The number of rotatable bonds is 7. The maximum Gasteiger partial charge on any atom is 0.263 e. The molecule has 3 aromatic rings. The number of sulfonamides is 1. The lowest BCUT2D eigenvalue weighted by atomic mass is 10.2. The normalized spacial score (nSPS) is 11.2. The lowest BCUT2D eigenvalue weighted by molar-refractivity contribution is 0.414. The lowest BCUT2D eigenvalue weighted by Crippen LogP contribution is -2.13. The highest BCUT2D eigenvalue weighted by molar-refractivity contribution is 7.98. The van der Waals surface area contributed by atoms with Gasteiger partial charge in [-0.05, 0) is 48.0 Å². The topological polar surface area (TPSA) is 55.4 Å². The molecule has 0 atom stereocenters. The summed E-state index contributed by atoms with van der Waals surface area (Å²) >= 11 is 7.27. The molecule has 0 saturated carbocycles. The van der Waals surface area contributed by atoms with E-state index in [1.807, 2.05) is 24.3 Å². The van der Waals surface area contributed by atoms with Gasteiger partial charge in [-0.3, -0.25) is 4.72 Å². The molecule has 0 aromatic heterocycles. The zero-order valence-electron chi connectivity index (χ0n) is 14.9. The number of hydrogen-bond acceptors (Lipinski definition) is 4. The standard InChI is InChI=1S/C20H17ClFNO3S2/c1-26-16-9-6-14(7-10-16)13-27-19-11-8-15(12-18(19)22)23-28(24,25)20-5-3-2-4-17(20)21/h2-12,23H,13H2,1H3. The van der Waals surface area contributed by atoms with E-state index in [1.165, 1.54) is 30.0 Å². The fraction of sp³-hybridized carbons (Fsp3) is 0.100. The Balaban J connectivity index is 1.70. The minimum Gasteiger partial charge on any atom is -0.497 e. The second kappa shape index (κ2) is 8.86. The van der Waals surface area contributed by atoms with Crippen LogP contribution in [0.3, 0.4) is 0 Å². The minimum atomic E-state index is -3.90. The molecular weight excluding hydrogens is 421 g/mol. The van der Waals surface area contributed by atoms with Gasteiger partial charge in [-0.1, -0.05) is 35.9 Å². The third-order valence-electron chi connectivity index (χ3n) is 3.86. The Morgan fingerprint density at radius 3 is 2.43 bits per heavy atom. The van der Waals surface area contributed by atoms with E-state index in [2.05, 4.69) is 4.72 Å². The second-order valence-corrected chi connectivity index (χ2v) is 8.89. The van der Waals surface area contributed by atoms with Gasteiger partial charge in [0, 0.05) is 10.6 Å². The van der Waals surface area contributed by atoms with Gasteiger partial charge in [-0.25, -0.2) is 12.8 Å². The van der Waals surface area contributed by atoms with Gasteiger partial charge in [0.05, 0.1) is 17.8 Å². The van der Waals surface area contributed by atoms with E-state index in [0.29, 0.717) is 10.6 Å². The van der Waals surface area contributed by atoms with Crippen LogP contribution in [0.2, 0.25) is 5.02 Å². The lowest BCUT2D eigenvalue weighted by Gasteiger charge is -2.11.